The Bertz CT molecular complexity index is 1160. The van der Waals surface area contributed by atoms with E-state index in [9.17, 15) is 10.2 Å². The molecule has 0 radical (unpaired) electrons. The quantitative estimate of drug-likeness (QED) is 0.539. The van der Waals surface area contributed by atoms with Crippen molar-refractivity contribution >= 4 is 0 Å². The van der Waals surface area contributed by atoms with Crippen molar-refractivity contribution in [3.05, 3.63) is 71.1 Å². The molecule has 2 aliphatic rings. The Morgan fingerprint density at radius 3 is 2.38 bits per heavy atom. The number of likely N-dealkylation sites (tertiary alicyclic amines) is 1. The van der Waals surface area contributed by atoms with Crippen molar-refractivity contribution in [3.63, 3.8) is 0 Å². The van der Waals surface area contributed by atoms with Crippen LogP contribution in [0.3, 0.4) is 0 Å². The van der Waals surface area contributed by atoms with Crippen LogP contribution in [0.25, 0.3) is 11.4 Å². The Morgan fingerprint density at radius 1 is 1.09 bits per heavy atom. The van der Waals surface area contributed by atoms with E-state index >= 15 is 0 Å². The zero-order chi connectivity index (χ0) is 24.1. The van der Waals surface area contributed by atoms with Gasteiger partial charge in [-0.2, -0.15) is 4.98 Å². The van der Waals surface area contributed by atoms with Crippen LogP contribution in [0.2, 0.25) is 0 Å². The summed E-state index contributed by atoms with van der Waals surface area (Å²) < 4.78 is 5.46. The van der Waals surface area contributed by atoms with Gasteiger partial charge in [-0.3, -0.25) is 0 Å². The lowest BCUT2D eigenvalue weighted by Gasteiger charge is -2.56. The molecule has 6 nitrogen and oxygen atoms in total. The Balaban J connectivity index is 1.51. The number of rotatable bonds is 7. The van der Waals surface area contributed by atoms with Gasteiger partial charge in [0.15, 0.2) is 0 Å². The van der Waals surface area contributed by atoms with Crippen molar-refractivity contribution in [2.75, 3.05) is 20.1 Å². The summed E-state index contributed by atoms with van der Waals surface area (Å²) in [5, 5.41) is 27.1. The highest BCUT2D eigenvalue weighted by Crippen LogP contribution is 2.50. The predicted molar refractivity (Wildman–Crippen MR) is 131 cm³/mol. The van der Waals surface area contributed by atoms with Gasteiger partial charge in [0, 0.05) is 24.1 Å². The van der Waals surface area contributed by atoms with Crippen LogP contribution in [0.15, 0.2) is 53.1 Å². The number of aromatic nitrogens is 2. The minimum atomic E-state index is -1.17. The summed E-state index contributed by atoms with van der Waals surface area (Å²) in [6.45, 7) is 8.10. The van der Waals surface area contributed by atoms with Crippen LogP contribution in [-0.2, 0) is 12.0 Å². The first kappa shape index (κ1) is 23.2. The maximum absolute atomic E-state index is 12.4. The van der Waals surface area contributed by atoms with E-state index < -0.39 is 11.2 Å². The summed E-state index contributed by atoms with van der Waals surface area (Å²) in [7, 11) is 2.08. The fourth-order valence-corrected chi connectivity index (χ4v) is 5.72. The third-order valence-corrected chi connectivity index (χ3v) is 7.88. The molecule has 0 bridgehead atoms. The molecule has 0 amide bonds. The molecule has 1 aromatic heterocycles. The van der Waals surface area contributed by atoms with Gasteiger partial charge < -0.3 is 19.6 Å². The molecule has 0 spiro atoms. The van der Waals surface area contributed by atoms with Crippen molar-refractivity contribution in [2.45, 2.75) is 63.6 Å². The van der Waals surface area contributed by atoms with E-state index in [0.717, 1.165) is 49.0 Å². The Hall–Kier alpha value is -2.54. The minimum Gasteiger partial charge on any atom is -0.389 e. The highest BCUT2D eigenvalue weighted by atomic mass is 16.5. The SMILES string of the molecule is CC(C)c1ccc([C@](O)(c2cccc(-c3noc(CC4(O)CCC4)n3)c2)C2(C)CN(C)C2)cc1. The third-order valence-electron chi connectivity index (χ3n) is 7.88. The minimum absolute atomic E-state index is 0.338. The molecule has 1 saturated carbocycles. The number of nitrogens with zero attached hydrogens (tertiary/aromatic N) is 3. The van der Waals surface area contributed by atoms with E-state index in [-0.39, 0.29) is 5.41 Å². The maximum atomic E-state index is 12.4. The molecule has 2 fully saturated rings. The van der Waals surface area contributed by atoms with Crippen LogP contribution in [0.4, 0.5) is 0 Å². The van der Waals surface area contributed by atoms with Gasteiger partial charge in [0.25, 0.3) is 0 Å². The summed E-state index contributed by atoms with van der Waals surface area (Å²) >= 11 is 0. The first-order chi connectivity index (χ1) is 16.1. The lowest BCUT2D eigenvalue weighted by atomic mass is 9.62. The summed E-state index contributed by atoms with van der Waals surface area (Å²) in [5.41, 5.74) is 1.55. The molecule has 3 aromatic rings. The van der Waals surface area contributed by atoms with Crippen LogP contribution in [0.5, 0.6) is 0 Å². The number of benzene rings is 2. The summed E-state index contributed by atoms with van der Waals surface area (Å²) in [6, 6.07) is 16.2. The van der Waals surface area contributed by atoms with Crippen molar-refractivity contribution in [2.24, 2.45) is 5.41 Å². The Labute approximate surface area is 201 Å². The van der Waals surface area contributed by atoms with Crippen LogP contribution in [-0.4, -0.2) is 51.0 Å². The van der Waals surface area contributed by atoms with E-state index in [0.29, 0.717) is 24.1 Å². The molecule has 180 valence electrons. The average molecular weight is 462 g/mol. The fourth-order valence-electron chi connectivity index (χ4n) is 5.72. The second kappa shape index (κ2) is 8.29. The molecule has 5 rings (SSSR count). The van der Waals surface area contributed by atoms with E-state index in [4.69, 9.17) is 4.52 Å². The molecule has 1 atom stereocenters. The number of hydrogen-bond donors (Lipinski definition) is 2. The molecular weight excluding hydrogens is 426 g/mol. The Morgan fingerprint density at radius 2 is 1.79 bits per heavy atom. The van der Waals surface area contributed by atoms with Gasteiger partial charge in [0.2, 0.25) is 11.7 Å². The van der Waals surface area contributed by atoms with Gasteiger partial charge >= 0.3 is 0 Å². The van der Waals surface area contributed by atoms with Crippen LogP contribution in [0.1, 0.15) is 68.5 Å². The molecule has 6 heteroatoms. The second-order valence-electron chi connectivity index (χ2n) is 11.1. The highest BCUT2D eigenvalue weighted by Gasteiger charge is 2.55. The zero-order valence-electron chi connectivity index (χ0n) is 20.6. The molecule has 1 aliphatic heterocycles. The van der Waals surface area contributed by atoms with Crippen molar-refractivity contribution in [3.8, 4) is 11.4 Å². The Kier molecular flexibility index (Phi) is 5.66. The van der Waals surface area contributed by atoms with E-state index in [1.54, 1.807) is 0 Å². The molecule has 34 heavy (non-hydrogen) atoms. The summed E-state index contributed by atoms with van der Waals surface area (Å²) in [5.74, 6) is 1.37. The standard InChI is InChI=1S/C28H35N3O3/c1-19(2)20-9-11-22(12-10-20)28(33,26(3)17-31(4)18-26)23-8-5-7-21(15-23)25-29-24(34-30-25)16-27(32)13-6-14-27/h5,7-12,15,19,32-33H,6,13-14,16-18H2,1-4H3/t28-/m0/s1. The van der Waals surface area contributed by atoms with Crippen LogP contribution < -0.4 is 0 Å². The second-order valence-corrected chi connectivity index (χ2v) is 11.1. The average Bonchev–Trinajstić information content (AvgIpc) is 3.25. The summed E-state index contributed by atoms with van der Waals surface area (Å²) in [6.07, 6.45) is 2.96. The monoisotopic (exact) mass is 461 g/mol. The molecule has 2 aromatic carbocycles. The lowest BCUT2D eigenvalue weighted by molar-refractivity contribution is -0.127. The largest absolute Gasteiger partial charge is 0.389 e. The molecular formula is C28H35N3O3. The van der Waals surface area contributed by atoms with Crippen LogP contribution >= 0.6 is 0 Å². The van der Waals surface area contributed by atoms with Gasteiger partial charge in [0.1, 0.15) is 5.60 Å². The first-order valence-electron chi connectivity index (χ1n) is 12.3. The fraction of sp³-hybridized carbons (Fsp3) is 0.500. The third kappa shape index (κ3) is 3.88. The summed E-state index contributed by atoms with van der Waals surface area (Å²) in [4.78, 5) is 6.79. The topological polar surface area (TPSA) is 82.6 Å². The van der Waals surface area contributed by atoms with Crippen molar-refractivity contribution < 1.29 is 14.7 Å². The van der Waals surface area contributed by atoms with Crippen molar-refractivity contribution in [1.29, 1.82) is 0 Å². The molecule has 1 saturated heterocycles. The van der Waals surface area contributed by atoms with Gasteiger partial charge in [-0.15, -0.1) is 0 Å². The van der Waals surface area contributed by atoms with Gasteiger partial charge in [-0.05, 0) is 55.0 Å². The normalized spacial score (nSPS) is 21.0. The zero-order valence-corrected chi connectivity index (χ0v) is 20.6. The lowest BCUT2D eigenvalue weighted by Crippen LogP contribution is -2.63. The van der Waals surface area contributed by atoms with E-state index in [2.05, 4.69) is 67.1 Å². The van der Waals surface area contributed by atoms with Gasteiger partial charge in [-0.1, -0.05) is 68.4 Å². The smallest absolute Gasteiger partial charge is 0.229 e. The number of hydrogen-bond acceptors (Lipinski definition) is 6. The van der Waals surface area contributed by atoms with Gasteiger partial charge in [-0.25, -0.2) is 0 Å². The molecule has 2 heterocycles. The predicted octanol–water partition coefficient (Wildman–Crippen LogP) is 4.51. The molecule has 0 unspecified atom stereocenters. The van der Waals surface area contributed by atoms with E-state index in [1.807, 2.05) is 24.3 Å². The molecule has 1 aliphatic carbocycles. The van der Waals surface area contributed by atoms with Crippen molar-refractivity contribution in [1.82, 2.24) is 15.0 Å². The molecule has 2 N–H and O–H groups in total. The first-order valence-corrected chi connectivity index (χ1v) is 12.3. The highest BCUT2D eigenvalue weighted by molar-refractivity contribution is 5.58. The number of aliphatic hydroxyl groups is 2. The van der Waals surface area contributed by atoms with Gasteiger partial charge in [0.05, 0.1) is 12.0 Å². The van der Waals surface area contributed by atoms with E-state index in [1.165, 1.54) is 5.56 Å². The van der Waals surface area contributed by atoms with Crippen LogP contribution in [0, 0.1) is 5.41 Å². The maximum Gasteiger partial charge on any atom is 0.229 e.